The summed E-state index contributed by atoms with van der Waals surface area (Å²) < 4.78 is 18.6. The number of amides is 2. The van der Waals surface area contributed by atoms with Gasteiger partial charge in [-0.2, -0.15) is 0 Å². The van der Waals surface area contributed by atoms with Gasteiger partial charge in [0.25, 0.3) is 11.8 Å². The van der Waals surface area contributed by atoms with Crippen LogP contribution in [0.4, 0.5) is 10.1 Å². The van der Waals surface area contributed by atoms with Gasteiger partial charge >= 0.3 is 5.97 Å². The van der Waals surface area contributed by atoms with Crippen LogP contribution in [0.1, 0.15) is 32.7 Å². The van der Waals surface area contributed by atoms with Crippen molar-refractivity contribution in [1.29, 1.82) is 0 Å². The lowest BCUT2D eigenvalue weighted by molar-refractivity contribution is -0.139. The Labute approximate surface area is 161 Å². The normalized spacial score (nSPS) is 11.5. The number of aryl methyl sites for hydroxylation is 1. The Balaban J connectivity index is 2.18. The molecule has 0 saturated heterocycles. The molecular weight excluding hydrogens is 367 g/mol. The number of hydrogen-bond donors (Lipinski definition) is 3. The highest BCUT2D eigenvalue weighted by atomic mass is 19.1. The van der Waals surface area contributed by atoms with Crippen LogP contribution in [0, 0.1) is 12.7 Å². The molecule has 0 heterocycles. The van der Waals surface area contributed by atoms with Gasteiger partial charge in [-0.05, 0) is 36.8 Å². The Bertz CT molecular complexity index is 885. The summed E-state index contributed by atoms with van der Waals surface area (Å²) >= 11 is 0. The Morgan fingerprint density at radius 1 is 1.14 bits per heavy atom. The maximum atomic E-state index is 13.8. The van der Waals surface area contributed by atoms with Crippen LogP contribution in [0.5, 0.6) is 0 Å². The Hall–Kier alpha value is -3.26. The fourth-order valence-corrected chi connectivity index (χ4v) is 2.47. The number of benzene rings is 2. The molecule has 7 nitrogen and oxygen atoms in total. The van der Waals surface area contributed by atoms with Gasteiger partial charge < -0.3 is 20.5 Å². The van der Waals surface area contributed by atoms with Gasteiger partial charge in [0.15, 0.2) is 0 Å². The molecule has 1 atom stereocenters. The van der Waals surface area contributed by atoms with E-state index in [1.807, 2.05) is 0 Å². The molecule has 1 unspecified atom stereocenters. The number of nitrogens with one attached hydrogen (secondary N) is 2. The van der Waals surface area contributed by atoms with Gasteiger partial charge in [0, 0.05) is 31.4 Å². The van der Waals surface area contributed by atoms with E-state index >= 15 is 0 Å². The van der Waals surface area contributed by atoms with E-state index in [0.717, 1.165) is 0 Å². The molecule has 0 aliphatic carbocycles. The average molecular weight is 388 g/mol. The summed E-state index contributed by atoms with van der Waals surface area (Å²) in [6.07, 6.45) is 0.111. The van der Waals surface area contributed by atoms with Crippen molar-refractivity contribution in [3.8, 4) is 0 Å². The topological polar surface area (TPSA) is 105 Å². The highest BCUT2D eigenvalue weighted by Gasteiger charge is 2.21. The molecule has 0 fully saturated rings. The van der Waals surface area contributed by atoms with Gasteiger partial charge in [0.1, 0.15) is 11.9 Å². The maximum absolute atomic E-state index is 13.8. The first kappa shape index (κ1) is 21.0. The lowest BCUT2D eigenvalue weighted by Crippen LogP contribution is -2.41. The zero-order valence-corrected chi connectivity index (χ0v) is 15.5. The van der Waals surface area contributed by atoms with Crippen molar-refractivity contribution in [3.63, 3.8) is 0 Å². The van der Waals surface area contributed by atoms with Gasteiger partial charge in [0.2, 0.25) is 0 Å². The van der Waals surface area contributed by atoms with Crippen molar-refractivity contribution in [2.24, 2.45) is 0 Å². The highest BCUT2D eigenvalue weighted by molar-refractivity contribution is 6.06. The lowest BCUT2D eigenvalue weighted by Gasteiger charge is -2.15. The molecule has 8 heteroatoms. The monoisotopic (exact) mass is 388 g/mol. The minimum atomic E-state index is -1.18. The Morgan fingerprint density at radius 3 is 2.50 bits per heavy atom. The minimum absolute atomic E-state index is 0.111. The molecule has 0 aromatic heterocycles. The van der Waals surface area contributed by atoms with Crippen LogP contribution in [-0.4, -0.2) is 42.6 Å². The van der Waals surface area contributed by atoms with Crippen LogP contribution in [0.2, 0.25) is 0 Å². The van der Waals surface area contributed by atoms with E-state index in [2.05, 4.69) is 10.6 Å². The lowest BCUT2D eigenvalue weighted by atomic mass is 10.1. The van der Waals surface area contributed by atoms with E-state index in [0.29, 0.717) is 11.3 Å². The quantitative estimate of drug-likeness (QED) is 0.645. The van der Waals surface area contributed by atoms with Gasteiger partial charge in [-0.3, -0.25) is 9.59 Å². The number of aliphatic carboxylic acids is 1. The number of carboxylic acids is 1. The van der Waals surface area contributed by atoms with Crippen LogP contribution < -0.4 is 10.6 Å². The fraction of sp³-hybridized carbons (Fsp3) is 0.250. The third kappa shape index (κ3) is 5.37. The first-order chi connectivity index (χ1) is 13.3. The van der Waals surface area contributed by atoms with E-state index < -0.39 is 29.6 Å². The summed E-state index contributed by atoms with van der Waals surface area (Å²) in [6.45, 7) is 1.90. The van der Waals surface area contributed by atoms with Crippen LogP contribution in [0.25, 0.3) is 0 Å². The number of hydrogen-bond acceptors (Lipinski definition) is 4. The second-order valence-corrected chi connectivity index (χ2v) is 6.11. The zero-order valence-electron chi connectivity index (χ0n) is 15.5. The summed E-state index contributed by atoms with van der Waals surface area (Å²) in [7, 11) is 1.44. The van der Waals surface area contributed by atoms with E-state index in [-0.39, 0.29) is 24.2 Å². The summed E-state index contributed by atoms with van der Waals surface area (Å²) in [6, 6.07) is 8.98. The second kappa shape index (κ2) is 9.61. The third-order valence-electron chi connectivity index (χ3n) is 4.08. The van der Waals surface area contributed by atoms with Crippen molar-refractivity contribution in [1.82, 2.24) is 5.32 Å². The SMILES string of the molecule is COCCC(NC(=O)c1ccc(C)c(NC(=O)c2ccccc2F)c1)C(=O)O. The number of carboxylic acid groups (broad SMARTS) is 1. The molecule has 2 aromatic carbocycles. The maximum Gasteiger partial charge on any atom is 0.326 e. The molecule has 0 saturated carbocycles. The standard InChI is InChI=1S/C20H21FN2O5/c1-12-7-8-13(18(24)22-16(20(26)27)9-10-28-2)11-17(12)23-19(25)14-5-3-4-6-15(14)21/h3-8,11,16H,9-10H2,1-2H3,(H,22,24)(H,23,25)(H,26,27). The van der Waals surface area contributed by atoms with Gasteiger partial charge in [-0.25, -0.2) is 9.18 Å². The molecule has 0 radical (unpaired) electrons. The molecule has 0 spiro atoms. The van der Waals surface area contributed by atoms with Gasteiger partial charge in [-0.15, -0.1) is 0 Å². The van der Waals surface area contributed by atoms with Crippen molar-refractivity contribution in [2.75, 3.05) is 19.0 Å². The van der Waals surface area contributed by atoms with Crippen molar-refractivity contribution in [2.45, 2.75) is 19.4 Å². The highest BCUT2D eigenvalue weighted by Crippen LogP contribution is 2.19. The number of ether oxygens (including phenoxy) is 1. The van der Waals surface area contributed by atoms with Gasteiger partial charge in [0.05, 0.1) is 5.56 Å². The van der Waals surface area contributed by atoms with Crippen LogP contribution in [-0.2, 0) is 9.53 Å². The molecule has 0 aliphatic heterocycles. The zero-order chi connectivity index (χ0) is 20.7. The molecule has 0 aliphatic rings. The van der Waals surface area contributed by atoms with Crippen molar-refractivity contribution >= 4 is 23.5 Å². The van der Waals surface area contributed by atoms with Crippen LogP contribution in [0.3, 0.4) is 0 Å². The van der Waals surface area contributed by atoms with Crippen molar-refractivity contribution < 1.29 is 28.6 Å². The fourth-order valence-electron chi connectivity index (χ4n) is 2.47. The molecule has 2 rings (SSSR count). The number of methoxy groups -OCH3 is 1. The molecule has 148 valence electrons. The van der Waals surface area contributed by atoms with Gasteiger partial charge in [-0.1, -0.05) is 18.2 Å². The summed E-state index contributed by atoms with van der Waals surface area (Å²) in [5.41, 5.74) is 1.03. The summed E-state index contributed by atoms with van der Waals surface area (Å²) in [5, 5.41) is 14.2. The molecule has 0 bridgehead atoms. The van der Waals surface area contributed by atoms with Crippen molar-refractivity contribution in [3.05, 3.63) is 65.0 Å². The number of carbonyl (C=O) groups excluding carboxylic acids is 2. The van der Waals surface area contributed by atoms with Crippen LogP contribution in [0.15, 0.2) is 42.5 Å². The first-order valence-electron chi connectivity index (χ1n) is 8.52. The molecular formula is C20H21FN2O5. The summed E-state index contributed by atoms with van der Waals surface area (Å²) in [4.78, 5) is 36.0. The molecule has 2 aromatic rings. The first-order valence-corrected chi connectivity index (χ1v) is 8.52. The average Bonchev–Trinajstić information content (AvgIpc) is 2.66. The van der Waals surface area contributed by atoms with E-state index in [4.69, 9.17) is 4.74 Å². The molecule has 2 amide bonds. The predicted molar refractivity (Wildman–Crippen MR) is 101 cm³/mol. The summed E-state index contributed by atoms with van der Waals surface area (Å²) in [5.74, 6) is -3.09. The number of anilines is 1. The number of rotatable bonds is 8. The molecule has 3 N–H and O–H groups in total. The second-order valence-electron chi connectivity index (χ2n) is 6.11. The van der Waals surface area contributed by atoms with Crippen LogP contribution >= 0.6 is 0 Å². The smallest absolute Gasteiger partial charge is 0.326 e. The number of halogens is 1. The Morgan fingerprint density at radius 2 is 1.86 bits per heavy atom. The largest absolute Gasteiger partial charge is 0.480 e. The van der Waals surface area contributed by atoms with E-state index in [1.165, 1.54) is 37.4 Å². The Kier molecular flexibility index (Phi) is 7.22. The predicted octanol–water partition coefficient (Wildman–Crippen LogP) is 2.61. The minimum Gasteiger partial charge on any atom is -0.480 e. The number of carbonyl (C=O) groups is 3. The van der Waals surface area contributed by atoms with E-state index in [9.17, 15) is 23.9 Å². The third-order valence-corrected chi connectivity index (χ3v) is 4.08. The molecule has 28 heavy (non-hydrogen) atoms. The van der Waals surface area contributed by atoms with E-state index in [1.54, 1.807) is 19.1 Å².